The Morgan fingerprint density at radius 2 is 2.47 bits per heavy atom. The Morgan fingerprint density at radius 1 is 1.53 bits per heavy atom. The molecule has 2 aromatic rings. The maximum atomic E-state index is 4.36. The molecule has 1 N–H and O–H groups in total. The van der Waals surface area contributed by atoms with Crippen molar-refractivity contribution in [2.45, 2.75) is 26.2 Å². The molecule has 5 heteroatoms. The second-order valence-corrected chi connectivity index (χ2v) is 4.78. The zero-order chi connectivity index (χ0) is 11.7. The fraction of sp³-hybridized carbons (Fsp3) is 0.583. The normalized spacial score (nSPS) is 20.9. The summed E-state index contributed by atoms with van der Waals surface area (Å²) in [5.74, 6) is 1.42. The van der Waals surface area contributed by atoms with Crippen LogP contribution in [0.15, 0.2) is 12.4 Å². The molecule has 17 heavy (non-hydrogen) atoms. The van der Waals surface area contributed by atoms with Gasteiger partial charge in [-0.15, -0.1) is 0 Å². The number of hydrogen-bond donors (Lipinski definition) is 1. The van der Waals surface area contributed by atoms with Gasteiger partial charge in [-0.25, -0.2) is 9.50 Å². The van der Waals surface area contributed by atoms with Gasteiger partial charge in [-0.05, 0) is 51.3 Å². The molecule has 5 nitrogen and oxygen atoms in total. The van der Waals surface area contributed by atoms with Crippen LogP contribution in [0, 0.1) is 12.8 Å². The summed E-state index contributed by atoms with van der Waals surface area (Å²) in [6.07, 6.45) is 5.19. The van der Waals surface area contributed by atoms with Crippen molar-refractivity contribution in [3.63, 3.8) is 0 Å². The topological polar surface area (TPSA) is 55.1 Å². The highest BCUT2D eigenvalue weighted by molar-refractivity contribution is 5.30. The van der Waals surface area contributed by atoms with Gasteiger partial charge in [0.05, 0.1) is 0 Å². The molecule has 0 aliphatic carbocycles. The molecule has 1 aliphatic heterocycles. The lowest BCUT2D eigenvalue weighted by Gasteiger charge is -2.22. The summed E-state index contributed by atoms with van der Waals surface area (Å²) in [6, 6.07) is 2.12. The lowest BCUT2D eigenvalue weighted by Crippen LogP contribution is -2.31. The smallest absolute Gasteiger partial charge is 0.252 e. The Hall–Kier alpha value is -1.49. The number of rotatable bonds is 2. The van der Waals surface area contributed by atoms with Crippen molar-refractivity contribution in [2.24, 2.45) is 5.92 Å². The Bertz CT molecular complexity index is 513. The summed E-state index contributed by atoms with van der Waals surface area (Å²) in [4.78, 5) is 8.52. The molecule has 90 valence electrons. The van der Waals surface area contributed by atoms with E-state index in [2.05, 4.69) is 26.4 Å². The molecular weight excluding hydrogens is 214 g/mol. The Morgan fingerprint density at radius 3 is 3.29 bits per heavy atom. The van der Waals surface area contributed by atoms with Crippen LogP contribution in [-0.4, -0.2) is 32.7 Å². The third kappa shape index (κ3) is 2.15. The van der Waals surface area contributed by atoms with Gasteiger partial charge < -0.3 is 5.32 Å². The number of aromatic nitrogens is 4. The van der Waals surface area contributed by atoms with Crippen molar-refractivity contribution in [3.05, 3.63) is 23.8 Å². The summed E-state index contributed by atoms with van der Waals surface area (Å²) in [7, 11) is 0. The van der Waals surface area contributed by atoms with Crippen LogP contribution in [0.2, 0.25) is 0 Å². The fourth-order valence-electron chi connectivity index (χ4n) is 2.55. The molecule has 0 saturated carbocycles. The monoisotopic (exact) mass is 231 g/mol. The molecule has 1 saturated heterocycles. The van der Waals surface area contributed by atoms with Crippen LogP contribution in [0.5, 0.6) is 0 Å². The summed E-state index contributed by atoms with van der Waals surface area (Å²) in [6.45, 7) is 4.28. The van der Waals surface area contributed by atoms with Crippen molar-refractivity contribution in [2.75, 3.05) is 13.1 Å². The van der Waals surface area contributed by atoms with E-state index in [0.29, 0.717) is 11.7 Å². The van der Waals surface area contributed by atoms with Crippen LogP contribution in [0.4, 0.5) is 0 Å². The minimum absolute atomic E-state index is 0.706. The summed E-state index contributed by atoms with van der Waals surface area (Å²) < 4.78 is 1.86. The molecule has 1 aliphatic rings. The van der Waals surface area contributed by atoms with E-state index in [1.165, 1.54) is 18.5 Å². The highest BCUT2D eigenvalue weighted by Crippen LogP contribution is 2.16. The van der Waals surface area contributed by atoms with Gasteiger partial charge >= 0.3 is 0 Å². The van der Waals surface area contributed by atoms with Crippen molar-refractivity contribution >= 4 is 5.78 Å². The number of aryl methyl sites for hydroxylation is 1. The first-order valence-corrected chi connectivity index (χ1v) is 6.20. The molecule has 0 bridgehead atoms. The van der Waals surface area contributed by atoms with Gasteiger partial charge in [0.1, 0.15) is 6.33 Å². The molecule has 1 atom stereocenters. The molecule has 2 aromatic heterocycles. The first-order valence-electron chi connectivity index (χ1n) is 6.20. The fourth-order valence-corrected chi connectivity index (χ4v) is 2.55. The van der Waals surface area contributed by atoms with Crippen molar-refractivity contribution in [3.8, 4) is 0 Å². The molecule has 0 spiro atoms. The maximum Gasteiger partial charge on any atom is 0.252 e. The van der Waals surface area contributed by atoms with Gasteiger partial charge in [0.2, 0.25) is 0 Å². The predicted molar refractivity (Wildman–Crippen MR) is 64.8 cm³/mol. The first kappa shape index (κ1) is 10.7. The number of fused-ring (bicyclic) bond motifs is 1. The highest BCUT2D eigenvalue weighted by Gasteiger charge is 2.16. The van der Waals surface area contributed by atoms with Gasteiger partial charge in [-0.2, -0.15) is 10.1 Å². The summed E-state index contributed by atoms with van der Waals surface area (Å²) in [5.41, 5.74) is 2.24. The third-order valence-electron chi connectivity index (χ3n) is 3.35. The maximum absolute atomic E-state index is 4.36. The minimum Gasteiger partial charge on any atom is -0.316 e. The number of hydrogen-bond acceptors (Lipinski definition) is 4. The number of nitrogens with zero attached hydrogens (tertiary/aromatic N) is 4. The van der Waals surface area contributed by atoms with Crippen molar-refractivity contribution < 1.29 is 0 Å². The van der Waals surface area contributed by atoms with Gasteiger partial charge in [0, 0.05) is 11.4 Å². The molecule has 0 aromatic carbocycles. The average molecular weight is 231 g/mol. The lowest BCUT2D eigenvalue weighted by molar-refractivity contribution is 0.371. The largest absolute Gasteiger partial charge is 0.316 e. The molecule has 3 rings (SSSR count). The minimum atomic E-state index is 0.706. The molecule has 1 unspecified atom stereocenters. The standard InChI is InChI=1S/C12H17N5/c1-9-5-11(6-10-3-2-4-13-7-10)17-12(16-9)14-8-15-17/h5,8,10,13H,2-4,6-7H2,1H3. The Kier molecular flexibility index (Phi) is 2.76. The highest BCUT2D eigenvalue weighted by atomic mass is 15.3. The zero-order valence-electron chi connectivity index (χ0n) is 10.1. The molecule has 0 amide bonds. The number of nitrogens with one attached hydrogen (secondary N) is 1. The molecule has 0 radical (unpaired) electrons. The lowest BCUT2D eigenvalue weighted by atomic mass is 9.94. The van der Waals surface area contributed by atoms with E-state index in [0.717, 1.165) is 25.2 Å². The predicted octanol–water partition coefficient (Wildman–Crippen LogP) is 0.975. The van der Waals surface area contributed by atoms with Gasteiger partial charge in [-0.3, -0.25) is 0 Å². The van der Waals surface area contributed by atoms with Crippen LogP contribution in [-0.2, 0) is 6.42 Å². The van der Waals surface area contributed by atoms with Gasteiger partial charge in [0.25, 0.3) is 5.78 Å². The van der Waals surface area contributed by atoms with Gasteiger partial charge in [-0.1, -0.05) is 0 Å². The summed E-state index contributed by atoms with van der Waals surface area (Å²) in [5, 5.41) is 7.70. The van der Waals surface area contributed by atoms with Crippen molar-refractivity contribution in [1.82, 2.24) is 24.9 Å². The van der Waals surface area contributed by atoms with E-state index in [4.69, 9.17) is 0 Å². The van der Waals surface area contributed by atoms with Gasteiger partial charge in [0.15, 0.2) is 0 Å². The van der Waals surface area contributed by atoms with E-state index in [9.17, 15) is 0 Å². The average Bonchev–Trinajstić information content (AvgIpc) is 2.78. The van der Waals surface area contributed by atoms with E-state index in [1.54, 1.807) is 6.33 Å². The Labute approximate surface area is 100 Å². The van der Waals surface area contributed by atoms with Crippen LogP contribution in [0.3, 0.4) is 0 Å². The second kappa shape index (κ2) is 4.41. The molecule has 1 fully saturated rings. The molecular formula is C12H17N5. The first-order chi connectivity index (χ1) is 8.33. The van der Waals surface area contributed by atoms with E-state index in [-0.39, 0.29) is 0 Å². The SMILES string of the molecule is Cc1cc(CC2CCCNC2)n2ncnc2n1. The van der Waals surface area contributed by atoms with Crippen LogP contribution in [0.25, 0.3) is 5.78 Å². The van der Waals surface area contributed by atoms with Crippen LogP contribution in [0.1, 0.15) is 24.2 Å². The zero-order valence-corrected chi connectivity index (χ0v) is 10.1. The second-order valence-electron chi connectivity index (χ2n) is 4.78. The van der Waals surface area contributed by atoms with Crippen LogP contribution < -0.4 is 5.32 Å². The van der Waals surface area contributed by atoms with E-state index in [1.807, 2.05) is 11.4 Å². The van der Waals surface area contributed by atoms with E-state index >= 15 is 0 Å². The third-order valence-corrected chi connectivity index (χ3v) is 3.35. The van der Waals surface area contributed by atoms with Crippen molar-refractivity contribution in [1.29, 1.82) is 0 Å². The van der Waals surface area contributed by atoms with E-state index < -0.39 is 0 Å². The summed E-state index contributed by atoms with van der Waals surface area (Å²) >= 11 is 0. The number of piperidine rings is 1. The quantitative estimate of drug-likeness (QED) is 0.837. The Balaban J connectivity index is 1.90. The van der Waals surface area contributed by atoms with Crippen LogP contribution >= 0.6 is 0 Å². The molecule has 3 heterocycles.